The van der Waals surface area contributed by atoms with Gasteiger partial charge in [0, 0.05) is 24.3 Å². The second-order valence-corrected chi connectivity index (χ2v) is 9.97. The Hall–Kier alpha value is -2.38. The van der Waals surface area contributed by atoms with Crippen LogP contribution >= 0.6 is 0 Å². The number of ketones is 1. The van der Waals surface area contributed by atoms with E-state index in [0.717, 1.165) is 17.9 Å². The van der Waals surface area contributed by atoms with E-state index < -0.39 is 10.0 Å². The molecule has 0 amide bonds. The van der Waals surface area contributed by atoms with Crippen LogP contribution in [0.25, 0.3) is 0 Å². The lowest BCUT2D eigenvalue weighted by Gasteiger charge is -2.34. The standard InChI is InChI=1S/C23H30N2O4S/c1-4-29-21-10-8-20(9-11-21)24-14-23(26)19-6-5-7-22(13-19)30(27,28)25-15-17(2)12-18(3)16-25/h5-11,13,17-18,24H,4,12,14-16H2,1-3H3. The highest BCUT2D eigenvalue weighted by Crippen LogP contribution is 2.27. The Balaban J connectivity index is 1.69. The predicted octanol–water partition coefficient (Wildman–Crippen LogP) is 4.05. The van der Waals surface area contributed by atoms with Crippen molar-refractivity contribution in [3.05, 3.63) is 54.1 Å². The first-order valence-corrected chi connectivity index (χ1v) is 11.8. The molecule has 6 nitrogen and oxygen atoms in total. The number of ether oxygens (including phenoxy) is 1. The molecule has 1 N–H and O–H groups in total. The Morgan fingerprint density at radius 3 is 2.40 bits per heavy atom. The Morgan fingerprint density at radius 2 is 1.77 bits per heavy atom. The lowest BCUT2D eigenvalue weighted by atomic mass is 9.94. The van der Waals surface area contributed by atoms with Crippen LogP contribution in [-0.2, 0) is 10.0 Å². The van der Waals surface area contributed by atoms with Gasteiger partial charge in [0.1, 0.15) is 5.75 Å². The molecule has 2 aromatic carbocycles. The molecular formula is C23H30N2O4S. The van der Waals surface area contributed by atoms with E-state index in [2.05, 4.69) is 19.2 Å². The van der Waals surface area contributed by atoms with Crippen LogP contribution in [0.1, 0.15) is 37.6 Å². The van der Waals surface area contributed by atoms with E-state index >= 15 is 0 Å². The van der Waals surface area contributed by atoms with Crippen LogP contribution < -0.4 is 10.1 Å². The molecule has 1 aliphatic heterocycles. The number of carbonyl (C=O) groups excluding carboxylic acids is 1. The summed E-state index contributed by atoms with van der Waals surface area (Å²) in [6.07, 6.45) is 1.03. The van der Waals surface area contributed by atoms with Crippen LogP contribution in [-0.4, -0.2) is 44.7 Å². The second-order valence-electron chi connectivity index (χ2n) is 8.03. The van der Waals surface area contributed by atoms with Gasteiger partial charge in [0.25, 0.3) is 0 Å². The zero-order valence-corrected chi connectivity index (χ0v) is 18.6. The molecule has 7 heteroatoms. The predicted molar refractivity (Wildman–Crippen MR) is 119 cm³/mol. The molecule has 162 valence electrons. The van der Waals surface area contributed by atoms with Crippen molar-refractivity contribution in [1.82, 2.24) is 4.31 Å². The largest absolute Gasteiger partial charge is 0.494 e. The third-order valence-electron chi connectivity index (χ3n) is 5.25. The van der Waals surface area contributed by atoms with E-state index in [4.69, 9.17) is 4.74 Å². The van der Waals surface area contributed by atoms with Crippen LogP contribution in [0, 0.1) is 11.8 Å². The van der Waals surface area contributed by atoms with Gasteiger partial charge in [-0.15, -0.1) is 0 Å². The number of carbonyl (C=O) groups is 1. The quantitative estimate of drug-likeness (QED) is 0.640. The molecule has 2 unspecified atom stereocenters. The molecule has 1 heterocycles. The number of Topliss-reactive ketones (excluding diaryl/α,β-unsaturated/α-hetero) is 1. The summed E-state index contributed by atoms with van der Waals surface area (Å²) in [7, 11) is -3.61. The normalized spacial score (nSPS) is 20.0. The lowest BCUT2D eigenvalue weighted by Crippen LogP contribution is -2.42. The molecule has 0 saturated carbocycles. The Bertz CT molecular complexity index is 963. The number of hydrogen-bond acceptors (Lipinski definition) is 5. The minimum atomic E-state index is -3.61. The van der Waals surface area contributed by atoms with Gasteiger partial charge in [0.2, 0.25) is 10.0 Å². The number of rotatable bonds is 8. The molecule has 2 aromatic rings. The monoisotopic (exact) mass is 430 g/mol. The summed E-state index contributed by atoms with van der Waals surface area (Å²) in [5.74, 6) is 1.26. The highest BCUT2D eigenvalue weighted by molar-refractivity contribution is 7.89. The van der Waals surface area contributed by atoms with E-state index in [1.54, 1.807) is 22.5 Å². The minimum Gasteiger partial charge on any atom is -0.494 e. The fraction of sp³-hybridized carbons (Fsp3) is 0.435. The number of anilines is 1. The highest BCUT2D eigenvalue weighted by atomic mass is 32.2. The van der Waals surface area contributed by atoms with Crippen LogP contribution in [0.4, 0.5) is 5.69 Å². The van der Waals surface area contributed by atoms with Gasteiger partial charge in [0.05, 0.1) is 18.0 Å². The van der Waals surface area contributed by atoms with Crippen molar-refractivity contribution in [1.29, 1.82) is 0 Å². The van der Waals surface area contributed by atoms with E-state index in [1.165, 1.54) is 6.07 Å². The highest BCUT2D eigenvalue weighted by Gasteiger charge is 2.31. The summed E-state index contributed by atoms with van der Waals surface area (Å²) in [4.78, 5) is 12.8. The Kier molecular flexibility index (Phi) is 7.15. The van der Waals surface area contributed by atoms with Crippen molar-refractivity contribution < 1.29 is 17.9 Å². The Morgan fingerprint density at radius 1 is 1.10 bits per heavy atom. The number of nitrogens with one attached hydrogen (secondary N) is 1. The summed E-state index contributed by atoms with van der Waals surface area (Å²) < 4.78 is 33.2. The minimum absolute atomic E-state index is 0.0786. The Labute approximate surface area is 179 Å². The van der Waals surface area contributed by atoms with Gasteiger partial charge in [-0.3, -0.25) is 4.79 Å². The van der Waals surface area contributed by atoms with Crippen LogP contribution in [0.3, 0.4) is 0 Å². The van der Waals surface area contributed by atoms with Crippen molar-refractivity contribution in [2.45, 2.75) is 32.1 Å². The summed E-state index contributed by atoms with van der Waals surface area (Å²) >= 11 is 0. The maximum absolute atomic E-state index is 13.1. The average Bonchev–Trinajstić information content (AvgIpc) is 2.72. The zero-order chi connectivity index (χ0) is 21.7. The van der Waals surface area contributed by atoms with Crippen LogP contribution in [0.15, 0.2) is 53.4 Å². The van der Waals surface area contributed by atoms with Gasteiger partial charge in [0.15, 0.2) is 5.78 Å². The molecule has 3 rings (SSSR count). The van der Waals surface area contributed by atoms with Crippen LogP contribution in [0.2, 0.25) is 0 Å². The molecule has 30 heavy (non-hydrogen) atoms. The summed E-state index contributed by atoms with van der Waals surface area (Å²) in [5, 5.41) is 3.08. The fourth-order valence-electron chi connectivity index (χ4n) is 3.90. The first-order valence-electron chi connectivity index (χ1n) is 10.4. The van der Waals surface area contributed by atoms with Gasteiger partial charge < -0.3 is 10.1 Å². The molecule has 1 aliphatic rings. The van der Waals surface area contributed by atoms with Gasteiger partial charge in [-0.2, -0.15) is 4.31 Å². The summed E-state index contributed by atoms with van der Waals surface area (Å²) in [5.41, 5.74) is 1.18. The zero-order valence-electron chi connectivity index (χ0n) is 17.8. The molecule has 2 atom stereocenters. The number of nitrogens with zero attached hydrogens (tertiary/aromatic N) is 1. The smallest absolute Gasteiger partial charge is 0.243 e. The topological polar surface area (TPSA) is 75.7 Å². The maximum atomic E-state index is 13.1. The van der Waals surface area contributed by atoms with Crippen molar-refractivity contribution in [2.75, 3.05) is 31.6 Å². The van der Waals surface area contributed by atoms with Gasteiger partial charge in [-0.25, -0.2) is 8.42 Å². The van der Waals surface area contributed by atoms with E-state index in [1.807, 2.05) is 31.2 Å². The van der Waals surface area contributed by atoms with Gasteiger partial charge in [-0.1, -0.05) is 26.0 Å². The molecule has 0 radical (unpaired) electrons. The molecular weight excluding hydrogens is 400 g/mol. The third-order valence-corrected chi connectivity index (χ3v) is 7.08. The molecule has 0 aliphatic carbocycles. The van der Waals surface area contributed by atoms with Crippen molar-refractivity contribution >= 4 is 21.5 Å². The molecule has 0 bridgehead atoms. The van der Waals surface area contributed by atoms with Crippen molar-refractivity contribution in [2.24, 2.45) is 11.8 Å². The molecule has 1 fully saturated rings. The lowest BCUT2D eigenvalue weighted by molar-refractivity contribution is 0.101. The second kappa shape index (κ2) is 9.62. The van der Waals surface area contributed by atoms with E-state index in [0.29, 0.717) is 37.1 Å². The number of sulfonamides is 1. The SMILES string of the molecule is CCOc1ccc(NCC(=O)c2cccc(S(=O)(=O)N3CC(C)CC(C)C3)c2)cc1. The number of benzene rings is 2. The van der Waals surface area contributed by atoms with Crippen molar-refractivity contribution in [3.8, 4) is 5.75 Å². The maximum Gasteiger partial charge on any atom is 0.243 e. The van der Waals surface area contributed by atoms with E-state index in [9.17, 15) is 13.2 Å². The van der Waals surface area contributed by atoms with E-state index in [-0.39, 0.29) is 17.2 Å². The molecule has 0 spiro atoms. The number of hydrogen-bond donors (Lipinski definition) is 1. The molecule has 0 aromatic heterocycles. The average molecular weight is 431 g/mol. The third kappa shape index (κ3) is 5.40. The summed E-state index contributed by atoms with van der Waals surface area (Å²) in [6, 6.07) is 13.7. The summed E-state index contributed by atoms with van der Waals surface area (Å²) in [6.45, 7) is 7.78. The van der Waals surface area contributed by atoms with Gasteiger partial charge in [-0.05, 0) is 61.6 Å². The van der Waals surface area contributed by atoms with Gasteiger partial charge >= 0.3 is 0 Å². The molecule has 1 saturated heterocycles. The number of piperidine rings is 1. The first-order chi connectivity index (χ1) is 14.3. The first kappa shape index (κ1) is 22.3. The van der Waals surface area contributed by atoms with Crippen molar-refractivity contribution in [3.63, 3.8) is 0 Å². The van der Waals surface area contributed by atoms with Crippen LogP contribution in [0.5, 0.6) is 5.75 Å². The fourth-order valence-corrected chi connectivity index (χ4v) is 5.63.